The molecule has 0 saturated heterocycles. The Kier molecular flexibility index (Phi) is 3.52. The smallest absolute Gasteiger partial charge is 0.477 e. The van der Waals surface area contributed by atoms with Crippen LogP contribution in [-0.4, -0.2) is 29.9 Å². The maximum Gasteiger partial charge on any atom is 0.501 e. The molecule has 7 nitrogen and oxygen atoms in total. The van der Waals surface area contributed by atoms with Gasteiger partial charge in [-0.25, -0.2) is 13.2 Å². The van der Waals surface area contributed by atoms with Gasteiger partial charge < -0.3 is 5.11 Å². The Morgan fingerprint density at radius 3 is 2.21 bits per heavy atom. The molecular weight excluding hydrogens is 295 g/mol. The van der Waals surface area contributed by atoms with E-state index in [0.29, 0.717) is 12.1 Å². The van der Waals surface area contributed by atoms with E-state index in [1.54, 1.807) is 0 Å². The Balaban J connectivity index is 3.57. The van der Waals surface area contributed by atoms with Crippen LogP contribution in [0.1, 0.15) is 10.4 Å². The van der Waals surface area contributed by atoms with Crippen molar-refractivity contribution in [1.82, 2.24) is 0 Å². The van der Waals surface area contributed by atoms with Gasteiger partial charge in [-0.3, -0.25) is 10.1 Å². The summed E-state index contributed by atoms with van der Waals surface area (Å²) in [5, 5.41) is 19.1. The number of sulfone groups is 1. The molecule has 0 atom stereocenters. The predicted molar refractivity (Wildman–Crippen MR) is 53.3 cm³/mol. The molecule has 0 aliphatic carbocycles. The minimum Gasteiger partial charge on any atom is -0.477 e. The van der Waals surface area contributed by atoms with E-state index in [1.165, 1.54) is 0 Å². The first kappa shape index (κ1) is 14.9. The van der Waals surface area contributed by atoms with Gasteiger partial charge >= 0.3 is 11.5 Å². The lowest BCUT2D eigenvalue weighted by atomic mass is 10.2. The molecule has 0 bridgehead atoms. The first-order valence-electron chi connectivity index (χ1n) is 4.31. The van der Waals surface area contributed by atoms with E-state index in [1.807, 2.05) is 0 Å². The van der Waals surface area contributed by atoms with Gasteiger partial charge in [-0.15, -0.1) is 0 Å². The minimum absolute atomic E-state index is 0.0618. The van der Waals surface area contributed by atoms with Crippen LogP contribution in [0, 0.1) is 10.1 Å². The van der Waals surface area contributed by atoms with Crippen molar-refractivity contribution in [3.63, 3.8) is 0 Å². The predicted octanol–water partition coefficient (Wildman–Crippen LogP) is 1.59. The van der Waals surface area contributed by atoms with Gasteiger partial charge in [0.1, 0.15) is 5.56 Å². The lowest BCUT2D eigenvalue weighted by Gasteiger charge is -2.08. The summed E-state index contributed by atoms with van der Waals surface area (Å²) in [6.45, 7) is 0. The van der Waals surface area contributed by atoms with Crippen LogP contribution in [0.5, 0.6) is 0 Å². The molecule has 0 aromatic heterocycles. The second-order valence-electron chi connectivity index (χ2n) is 3.19. The van der Waals surface area contributed by atoms with Crippen LogP contribution < -0.4 is 0 Å². The molecule has 0 spiro atoms. The van der Waals surface area contributed by atoms with Crippen LogP contribution in [0.2, 0.25) is 0 Å². The Morgan fingerprint density at radius 1 is 1.32 bits per heavy atom. The van der Waals surface area contributed by atoms with Crippen molar-refractivity contribution in [3.05, 3.63) is 33.9 Å². The van der Waals surface area contributed by atoms with Gasteiger partial charge in [-0.2, -0.15) is 13.2 Å². The zero-order chi connectivity index (χ0) is 15.0. The normalized spacial score (nSPS) is 12.2. The van der Waals surface area contributed by atoms with Crippen molar-refractivity contribution in [2.75, 3.05) is 0 Å². The molecule has 0 heterocycles. The van der Waals surface area contributed by atoms with Gasteiger partial charge in [0.15, 0.2) is 0 Å². The summed E-state index contributed by atoms with van der Waals surface area (Å²) >= 11 is 0. The summed E-state index contributed by atoms with van der Waals surface area (Å²) in [5.74, 6) is -1.76. The Labute approximate surface area is 103 Å². The summed E-state index contributed by atoms with van der Waals surface area (Å²) in [6.07, 6.45) is 0. The minimum atomic E-state index is -5.77. The molecule has 0 saturated carbocycles. The van der Waals surface area contributed by atoms with Gasteiger partial charge in [-0.05, 0) is 12.1 Å². The molecule has 0 aliphatic rings. The third-order valence-electron chi connectivity index (χ3n) is 2.01. The van der Waals surface area contributed by atoms with Crippen LogP contribution in [0.25, 0.3) is 0 Å². The standard InChI is InChI=1S/C8H4F3NO6S/c9-8(10,11)19(17,18)4-1-2-5(7(13)14)6(3-4)12(15)16/h1-3H,(H,13,14). The van der Waals surface area contributed by atoms with Crippen molar-refractivity contribution < 1.29 is 36.4 Å². The number of benzene rings is 1. The fraction of sp³-hybridized carbons (Fsp3) is 0.125. The van der Waals surface area contributed by atoms with Crippen molar-refractivity contribution in [2.24, 2.45) is 0 Å². The number of alkyl halides is 3. The number of carbonyl (C=O) groups is 1. The van der Waals surface area contributed by atoms with E-state index < -0.39 is 42.4 Å². The quantitative estimate of drug-likeness (QED) is 0.669. The monoisotopic (exact) mass is 299 g/mol. The molecule has 1 aromatic rings. The molecular formula is C8H4F3NO6S. The molecule has 0 aliphatic heterocycles. The third-order valence-corrected chi connectivity index (χ3v) is 3.50. The van der Waals surface area contributed by atoms with E-state index in [-0.39, 0.29) is 6.07 Å². The number of hydrogen-bond acceptors (Lipinski definition) is 5. The number of nitrogens with zero attached hydrogens (tertiary/aromatic N) is 1. The molecule has 0 amide bonds. The Bertz CT molecular complexity index is 651. The molecule has 104 valence electrons. The molecule has 0 radical (unpaired) electrons. The molecule has 0 unspecified atom stereocenters. The Morgan fingerprint density at radius 2 is 1.84 bits per heavy atom. The van der Waals surface area contributed by atoms with Gasteiger partial charge in [0.2, 0.25) is 0 Å². The second kappa shape index (κ2) is 4.50. The van der Waals surface area contributed by atoms with Gasteiger partial charge in [0.25, 0.3) is 15.5 Å². The largest absolute Gasteiger partial charge is 0.501 e. The second-order valence-corrected chi connectivity index (χ2v) is 5.13. The first-order chi connectivity index (χ1) is 8.48. The lowest BCUT2D eigenvalue weighted by Crippen LogP contribution is -2.23. The molecule has 1 rings (SSSR count). The zero-order valence-corrected chi connectivity index (χ0v) is 9.53. The average molecular weight is 299 g/mol. The highest BCUT2D eigenvalue weighted by Gasteiger charge is 2.47. The highest BCUT2D eigenvalue weighted by atomic mass is 32.2. The SMILES string of the molecule is O=C(O)c1ccc(S(=O)(=O)C(F)(F)F)cc1[N+](=O)[O-]. The number of carboxylic acids is 1. The van der Waals surface area contributed by atoms with E-state index in [4.69, 9.17) is 5.11 Å². The van der Waals surface area contributed by atoms with Crippen molar-refractivity contribution >= 4 is 21.5 Å². The summed E-state index contributed by atoms with van der Waals surface area (Å²) in [4.78, 5) is 18.5. The highest BCUT2D eigenvalue weighted by Crippen LogP contribution is 2.32. The Hall–Kier alpha value is -2.17. The summed E-state index contributed by atoms with van der Waals surface area (Å²) < 4.78 is 58.7. The number of halogens is 3. The van der Waals surface area contributed by atoms with E-state index in [0.717, 1.165) is 0 Å². The molecule has 19 heavy (non-hydrogen) atoms. The van der Waals surface area contributed by atoms with Gasteiger partial charge in [-0.1, -0.05) is 0 Å². The van der Waals surface area contributed by atoms with Crippen LogP contribution in [0.15, 0.2) is 23.1 Å². The molecule has 1 aromatic carbocycles. The zero-order valence-electron chi connectivity index (χ0n) is 8.71. The number of nitro benzene ring substituents is 1. The molecule has 0 fully saturated rings. The maximum atomic E-state index is 12.2. The fourth-order valence-corrected chi connectivity index (χ4v) is 1.93. The van der Waals surface area contributed by atoms with Crippen molar-refractivity contribution in [1.29, 1.82) is 0 Å². The van der Waals surface area contributed by atoms with Crippen molar-refractivity contribution in [3.8, 4) is 0 Å². The van der Waals surface area contributed by atoms with Crippen LogP contribution >= 0.6 is 0 Å². The number of nitro groups is 1. The van der Waals surface area contributed by atoms with Gasteiger partial charge in [0.05, 0.1) is 9.82 Å². The number of carboxylic acid groups (broad SMARTS) is 1. The van der Waals surface area contributed by atoms with Crippen LogP contribution in [0.4, 0.5) is 18.9 Å². The third kappa shape index (κ3) is 2.65. The van der Waals surface area contributed by atoms with Crippen molar-refractivity contribution in [2.45, 2.75) is 10.4 Å². The van der Waals surface area contributed by atoms with Gasteiger partial charge in [0, 0.05) is 6.07 Å². The summed E-state index contributed by atoms with van der Waals surface area (Å²) in [6, 6.07) is 0.838. The summed E-state index contributed by atoms with van der Waals surface area (Å²) in [5.41, 5.74) is -7.78. The van der Waals surface area contributed by atoms with E-state index >= 15 is 0 Å². The number of hydrogen-bond donors (Lipinski definition) is 1. The molecule has 1 N–H and O–H groups in total. The van der Waals surface area contributed by atoms with Crippen LogP contribution in [-0.2, 0) is 9.84 Å². The maximum absolute atomic E-state index is 12.2. The van der Waals surface area contributed by atoms with E-state index in [9.17, 15) is 36.5 Å². The summed E-state index contributed by atoms with van der Waals surface area (Å²) in [7, 11) is -5.77. The highest BCUT2D eigenvalue weighted by molar-refractivity contribution is 7.92. The number of rotatable bonds is 3. The topological polar surface area (TPSA) is 115 Å². The number of aromatic carboxylic acids is 1. The van der Waals surface area contributed by atoms with E-state index in [2.05, 4.69) is 0 Å². The fourth-order valence-electron chi connectivity index (χ4n) is 1.14. The first-order valence-corrected chi connectivity index (χ1v) is 5.80. The van der Waals surface area contributed by atoms with Crippen LogP contribution in [0.3, 0.4) is 0 Å². The average Bonchev–Trinajstić information content (AvgIpc) is 2.26. The molecule has 11 heteroatoms. The lowest BCUT2D eigenvalue weighted by molar-refractivity contribution is -0.385.